The Morgan fingerprint density at radius 1 is 0.202 bits per heavy atom. The smallest absolute Gasteiger partial charge is 0.136 e. The van der Waals surface area contributed by atoms with Crippen LogP contribution in [0.25, 0.3) is 197 Å². The van der Waals surface area contributed by atoms with Crippen molar-refractivity contribution in [3.05, 3.63) is 339 Å². The fraction of sp³-hybridized carbons (Fsp3) is 0.0980. The van der Waals surface area contributed by atoms with Crippen LogP contribution in [0.15, 0.2) is 336 Å². The Balaban J connectivity index is 0.000000151. The molecular weight excluding hydrogens is 1260 g/mol. The van der Waals surface area contributed by atoms with E-state index in [1.807, 2.05) is 0 Å². The molecule has 20 aromatic rings. The van der Waals surface area contributed by atoms with Crippen molar-refractivity contribution in [3.8, 4) is 66.8 Å². The zero-order valence-electron chi connectivity index (χ0n) is 57.2. The van der Waals surface area contributed by atoms with Crippen LogP contribution in [-0.4, -0.2) is 0 Å². The molecule has 20 rings (SSSR count). The molecule has 0 aliphatic carbocycles. The van der Waals surface area contributed by atoms with Gasteiger partial charge in [0.25, 0.3) is 0 Å². The minimum Gasteiger partial charge on any atom is -0.456 e. The topological polar surface area (TPSA) is 26.3 Å². The highest BCUT2D eigenvalue weighted by atomic mass is 16.3. The fourth-order valence-electron chi connectivity index (χ4n) is 17.4. The van der Waals surface area contributed by atoms with E-state index in [9.17, 15) is 0 Å². The molecule has 2 heteroatoms. The second-order valence-electron chi connectivity index (χ2n) is 27.5. The van der Waals surface area contributed by atoms with E-state index >= 15 is 0 Å². The number of furan rings is 2. The van der Waals surface area contributed by atoms with Gasteiger partial charge in [-0.05, 0) is 226 Å². The van der Waals surface area contributed by atoms with Crippen LogP contribution in [0.2, 0.25) is 0 Å². The first kappa shape index (κ1) is 65.0. The van der Waals surface area contributed by atoms with Crippen LogP contribution in [0.4, 0.5) is 0 Å². The van der Waals surface area contributed by atoms with Crippen molar-refractivity contribution in [2.45, 2.75) is 67.2 Å². The Morgan fingerprint density at radius 3 is 0.846 bits per heavy atom. The molecule has 500 valence electrons. The molecule has 2 aromatic heterocycles. The van der Waals surface area contributed by atoms with Crippen LogP contribution in [-0.2, 0) is 12.8 Å². The van der Waals surface area contributed by atoms with Gasteiger partial charge in [0.15, 0.2) is 0 Å². The molecule has 0 fully saturated rings. The summed E-state index contributed by atoms with van der Waals surface area (Å²) in [6.07, 6.45) is 6.85. The van der Waals surface area contributed by atoms with Crippen molar-refractivity contribution in [3.63, 3.8) is 0 Å². The van der Waals surface area contributed by atoms with E-state index in [0.29, 0.717) is 0 Å². The lowest BCUT2D eigenvalue weighted by Crippen LogP contribution is -1.94. The molecule has 0 saturated carbocycles. The third-order valence-corrected chi connectivity index (χ3v) is 21.7. The minimum atomic E-state index is 0. The third kappa shape index (κ3) is 10.6. The summed E-state index contributed by atoms with van der Waals surface area (Å²) in [6, 6.07) is 120. The Kier molecular flexibility index (Phi) is 17.0. The van der Waals surface area contributed by atoms with E-state index in [-0.39, 0.29) is 14.9 Å². The van der Waals surface area contributed by atoms with Crippen molar-refractivity contribution < 1.29 is 8.83 Å². The van der Waals surface area contributed by atoms with Crippen molar-refractivity contribution >= 4 is 130 Å². The zero-order chi connectivity index (χ0) is 67.8. The Labute approximate surface area is 607 Å². The molecule has 18 aromatic carbocycles. The highest BCUT2D eigenvalue weighted by Crippen LogP contribution is 2.51. The first-order chi connectivity index (χ1) is 50.6. The average Bonchev–Trinajstić information content (AvgIpc) is 1.36. The summed E-state index contributed by atoms with van der Waals surface area (Å²) in [4.78, 5) is 0. The van der Waals surface area contributed by atoms with Crippen LogP contribution in [0.5, 0.6) is 0 Å². The van der Waals surface area contributed by atoms with Gasteiger partial charge >= 0.3 is 0 Å². The Bertz CT molecular complexity index is 6470. The van der Waals surface area contributed by atoms with E-state index in [4.69, 9.17) is 8.83 Å². The lowest BCUT2D eigenvalue weighted by atomic mass is 9.84. The largest absolute Gasteiger partial charge is 0.456 e. The monoisotopic (exact) mass is 1340 g/mol. The Morgan fingerprint density at radius 2 is 0.490 bits per heavy atom. The van der Waals surface area contributed by atoms with Gasteiger partial charge in [-0.15, -0.1) is 0 Å². The van der Waals surface area contributed by atoms with Gasteiger partial charge < -0.3 is 8.83 Å². The SMILES string of the molecule is C.C.CCCCc1c2ccccc2c(-c2cccc3oc4cc(-c5c6ccccc6c(-c6ccccc6)c6ccccc56)ccc4c23)c2ccccc12.CCCCc1c2ccccc2c(-c2cccc3oc4ccc(-c5c6ccccc6c(-c6ccccc6)c6ccccc56)cc4c23)c2ccccc12. The summed E-state index contributed by atoms with van der Waals surface area (Å²) in [5, 5.41) is 25.2. The second kappa shape index (κ2) is 27.2. The van der Waals surface area contributed by atoms with Crippen molar-refractivity contribution in [1.82, 2.24) is 0 Å². The molecule has 0 aliphatic rings. The predicted octanol–water partition coefficient (Wildman–Crippen LogP) is 30.4. The summed E-state index contributed by atoms with van der Waals surface area (Å²) in [7, 11) is 0. The van der Waals surface area contributed by atoms with Gasteiger partial charge in [0.1, 0.15) is 22.3 Å². The van der Waals surface area contributed by atoms with Crippen molar-refractivity contribution in [1.29, 1.82) is 0 Å². The van der Waals surface area contributed by atoms with E-state index in [1.165, 1.54) is 195 Å². The molecule has 0 amide bonds. The van der Waals surface area contributed by atoms with Gasteiger partial charge in [-0.2, -0.15) is 0 Å². The summed E-state index contributed by atoms with van der Waals surface area (Å²) in [6.45, 7) is 4.56. The first-order valence-corrected chi connectivity index (χ1v) is 36.3. The molecule has 0 unspecified atom stereocenters. The maximum absolute atomic E-state index is 6.79. The normalized spacial score (nSPS) is 11.6. The lowest BCUT2D eigenvalue weighted by Gasteiger charge is -2.18. The van der Waals surface area contributed by atoms with Crippen LogP contribution in [0.3, 0.4) is 0 Å². The highest BCUT2D eigenvalue weighted by molar-refractivity contribution is 6.27. The molecule has 104 heavy (non-hydrogen) atoms. The van der Waals surface area contributed by atoms with Gasteiger partial charge in [0, 0.05) is 21.5 Å². The number of benzene rings is 18. The zero-order valence-corrected chi connectivity index (χ0v) is 57.2. The van der Waals surface area contributed by atoms with Crippen LogP contribution in [0, 0.1) is 0 Å². The van der Waals surface area contributed by atoms with E-state index in [0.717, 1.165) is 51.5 Å². The molecule has 0 saturated heterocycles. The Hall–Kier alpha value is -12.4. The lowest BCUT2D eigenvalue weighted by molar-refractivity contribution is 0.668. The molecule has 0 radical (unpaired) electrons. The molecule has 0 N–H and O–H groups in total. The van der Waals surface area contributed by atoms with E-state index < -0.39 is 0 Å². The predicted molar refractivity (Wildman–Crippen MR) is 451 cm³/mol. The van der Waals surface area contributed by atoms with Gasteiger partial charge in [-0.25, -0.2) is 0 Å². The molecule has 0 atom stereocenters. The summed E-state index contributed by atoms with van der Waals surface area (Å²) in [5.41, 5.74) is 21.4. The maximum atomic E-state index is 6.79. The summed E-state index contributed by atoms with van der Waals surface area (Å²) in [5.74, 6) is 0. The molecule has 2 heterocycles. The summed E-state index contributed by atoms with van der Waals surface area (Å²) < 4.78 is 13.5. The van der Waals surface area contributed by atoms with Gasteiger partial charge in [-0.1, -0.05) is 333 Å². The first-order valence-electron chi connectivity index (χ1n) is 36.3. The van der Waals surface area contributed by atoms with Crippen LogP contribution < -0.4 is 0 Å². The summed E-state index contributed by atoms with van der Waals surface area (Å²) >= 11 is 0. The number of fused-ring (bicyclic) bond motifs is 14. The van der Waals surface area contributed by atoms with Gasteiger partial charge in [0.2, 0.25) is 0 Å². The fourth-order valence-corrected chi connectivity index (χ4v) is 17.4. The van der Waals surface area contributed by atoms with Crippen LogP contribution in [0.1, 0.15) is 65.5 Å². The molecule has 0 bridgehead atoms. The van der Waals surface area contributed by atoms with Gasteiger partial charge in [0.05, 0.1) is 0 Å². The van der Waals surface area contributed by atoms with Crippen LogP contribution >= 0.6 is 0 Å². The number of hydrogen-bond donors (Lipinski definition) is 0. The quantitative estimate of drug-likeness (QED) is 0.114. The molecule has 0 spiro atoms. The highest BCUT2D eigenvalue weighted by Gasteiger charge is 2.25. The van der Waals surface area contributed by atoms with E-state index in [2.05, 4.69) is 341 Å². The van der Waals surface area contributed by atoms with Crippen molar-refractivity contribution in [2.75, 3.05) is 0 Å². The second-order valence-corrected chi connectivity index (χ2v) is 27.5. The maximum Gasteiger partial charge on any atom is 0.136 e. The molecular formula is C102H80O2. The third-order valence-electron chi connectivity index (χ3n) is 21.7. The van der Waals surface area contributed by atoms with E-state index in [1.54, 1.807) is 0 Å². The number of rotatable bonds is 12. The molecule has 2 nitrogen and oxygen atoms in total. The number of hydrogen-bond acceptors (Lipinski definition) is 2. The number of aryl methyl sites for hydroxylation is 2. The number of unbranched alkanes of at least 4 members (excludes halogenated alkanes) is 2. The average molecular weight is 1340 g/mol. The minimum absolute atomic E-state index is 0. The van der Waals surface area contributed by atoms with Crippen molar-refractivity contribution in [2.24, 2.45) is 0 Å². The molecule has 0 aliphatic heterocycles. The van der Waals surface area contributed by atoms with Gasteiger partial charge in [-0.3, -0.25) is 0 Å². The standard InChI is InChI=1S/2C50H36O.2CH4/c1-2-3-18-34-35-19-7-9-21-37(35)49(38-22-10-8-20-36(34)38)44-27-15-28-45-50(44)43-30-29-33(31-46(43)51-45)48-41-25-13-11-23-39(41)47(32-16-5-4-6-17-32)40-24-12-14-26-42(40)48;1-2-3-18-34-35-19-7-9-21-37(35)49(38-22-10-8-20-36(34)38)43-27-15-28-46-50(43)44-31-33(29-30-45(44)51-46)48-41-25-13-11-23-39(41)47(32-16-5-4-6-17-32)40-24-12-14-26-42(40)48;;/h2*4-17,19-31H,2-3,18H2,1H3;2*1H4.